The zero-order valence-electron chi connectivity index (χ0n) is 5.62. The SMILES string of the molecule is O=C1Cc2ncccc2N1Cl. The maximum atomic E-state index is 11.0. The number of carbonyl (C=O) groups is 1. The lowest BCUT2D eigenvalue weighted by Gasteiger charge is -2.03. The Hall–Kier alpha value is -1.09. The van der Waals surface area contributed by atoms with Gasteiger partial charge < -0.3 is 0 Å². The molecule has 0 fully saturated rings. The molecular formula is C7H5ClN2O. The summed E-state index contributed by atoms with van der Waals surface area (Å²) in [6.45, 7) is 0. The molecule has 1 aromatic heterocycles. The smallest absolute Gasteiger partial charge is 0.247 e. The molecule has 0 aromatic carbocycles. The number of anilines is 1. The predicted molar refractivity (Wildman–Crippen MR) is 41.3 cm³/mol. The van der Waals surface area contributed by atoms with Crippen LogP contribution in [0.2, 0.25) is 0 Å². The Morgan fingerprint density at radius 2 is 2.45 bits per heavy atom. The molecule has 1 aliphatic heterocycles. The number of halogens is 1. The van der Waals surface area contributed by atoms with Crippen molar-refractivity contribution in [1.82, 2.24) is 4.98 Å². The van der Waals surface area contributed by atoms with Crippen LogP contribution in [0.3, 0.4) is 0 Å². The van der Waals surface area contributed by atoms with Crippen molar-refractivity contribution in [2.75, 3.05) is 4.42 Å². The third-order valence-corrected chi connectivity index (χ3v) is 1.99. The lowest BCUT2D eigenvalue weighted by Crippen LogP contribution is -2.13. The Balaban J connectivity index is 2.55. The number of amides is 1. The first-order chi connectivity index (χ1) is 5.29. The Bertz CT molecular complexity index is 313. The van der Waals surface area contributed by atoms with Gasteiger partial charge >= 0.3 is 0 Å². The largest absolute Gasteiger partial charge is 0.273 e. The topological polar surface area (TPSA) is 33.2 Å². The van der Waals surface area contributed by atoms with E-state index in [1.807, 2.05) is 0 Å². The first-order valence-corrected chi connectivity index (χ1v) is 3.55. The van der Waals surface area contributed by atoms with Gasteiger partial charge in [0, 0.05) is 18.0 Å². The minimum atomic E-state index is -0.111. The summed E-state index contributed by atoms with van der Waals surface area (Å²) in [6, 6.07) is 3.53. The maximum Gasteiger partial charge on any atom is 0.247 e. The van der Waals surface area contributed by atoms with E-state index in [0.29, 0.717) is 12.1 Å². The van der Waals surface area contributed by atoms with Crippen molar-refractivity contribution in [3.05, 3.63) is 24.0 Å². The van der Waals surface area contributed by atoms with E-state index in [4.69, 9.17) is 11.8 Å². The van der Waals surface area contributed by atoms with Gasteiger partial charge in [-0.05, 0) is 12.1 Å². The van der Waals surface area contributed by atoms with Crippen LogP contribution in [-0.4, -0.2) is 10.9 Å². The lowest BCUT2D eigenvalue weighted by atomic mass is 10.3. The second-order valence-electron chi connectivity index (χ2n) is 2.32. The van der Waals surface area contributed by atoms with E-state index >= 15 is 0 Å². The Morgan fingerprint density at radius 3 is 3.18 bits per heavy atom. The summed E-state index contributed by atoms with van der Waals surface area (Å²) in [5, 5.41) is 0. The standard InChI is InChI=1S/C7H5ClN2O/c8-10-6-2-1-3-9-5(6)4-7(10)11/h1-3H,4H2. The van der Waals surface area contributed by atoms with Crippen LogP contribution in [0.1, 0.15) is 5.69 Å². The van der Waals surface area contributed by atoms with Gasteiger partial charge in [-0.15, -0.1) is 0 Å². The summed E-state index contributed by atoms with van der Waals surface area (Å²) >= 11 is 5.64. The van der Waals surface area contributed by atoms with Gasteiger partial charge in [0.05, 0.1) is 17.8 Å². The molecule has 1 aliphatic rings. The first kappa shape index (κ1) is 6.61. The number of hydrogen-bond acceptors (Lipinski definition) is 2. The zero-order chi connectivity index (χ0) is 7.84. The van der Waals surface area contributed by atoms with E-state index in [-0.39, 0.29) is 5.91 Å². The zero-order valence-corrected chi connectivity index (χ0v) is 6.38. The molecule has 0 spiro atoms. The number of rotatable bonds is 0. The van der Waals surface area contributed by atoms with Gasteiger partial charge in [-0.2, -0.15) is 0 Å². The third-order valence-electron chi connectivity index (χ3n) is 1.62. The third kappa shape index (κ3) is 0.886. The number of nitrogens with zero attached hydrogens (tertiary/aromatic N) is 2. The summed E-state index contributed by atoms with van der Waals surface area (Å²) < 4.78 is 1.11. The van der Waals surface area contributed by atoms with Crippen molar-refractivity contribution in [2.24, 2.45) is 0 Å². The molecule has 2 rings (SSSR count). The fourth-order valence-electron chi connectivity index (χ4n) is 1.09. The number of pyridine rings is 1. The predicted octanol–water partition coefficient (Wildman–Crippen LogP) is 1.12. The van der Waals surface area contributed by atoms with E-state index in [9.17, 15) is 4.79 Å². The molecule has 0 unspecified atom stereocenters. The Kier molecular flexibility index (Phi) is 1.32. The molecule has 0 aliphatic carbocycles. The molecule has 4 heteroatoms. The van der Waals surface area contributed by atoms with Crippen molar-refractivity contribution in [3.63, 3.8) is 0 Å². The highest BCUT2D eigenvalue weighted by Crippen LogP contribution is 2.27. The molecule has 0 saturated heterocycles. The quantitative estimate of drug-likeness (QED) is 0.544. The molecule has 0 N–H and O–H groups in total. The van der Waals surface area contributed by atoms with Crippen LogP contribution in [0.4, 0.5) is 5.69 Å². The van der Waals surface area contributed by atoms with E-state index in [2.05, 4.69) is 4.98 Å². The normalized spacial score (nSPS) is 15.4. The minimum absolute atomic E-state index is 0.111. The average Bonchev–Trinajstić information content (AvgIpc) is 2.30. The number of carbonyl (C=O) groups excluding carboxylic acids is 1. The van der Waals surface area contributed by atoms with Gasteiger partial charge in [0.2, 0.25) is 5.91 Å². The summed E-state index contributed by atoms with van der Waals surface area (Å²) in [7, 11) is 0. The first-order valence-electron chi connectivity index (χ1n) is 3.21. The molecule has 11 heavy (non-hydrogen) atoms. The van der Waals surface area contributed by atoms with Crippen LogP contribution in [0.5, 0.6) is 0 Å². The Labute approximate surface area is 68.7 Å². The van der Waals surface area contributed by atoms with Gasteiger partial charge in [-0.3, -0.25) is 9.78 Å². The van der Waals surface area contributed by atoms with Crippen LogP contribution in [0, 0.1) is 0 Å². The van der Waals surface area contributed by atoms with Crippen LogP contribution < -0.4 is 4.42 Å². The molecule has 56 valence electrons. The van der Waals surface area contributed by atoms with Crippen molar-refractivity contribution in [1.29, 1.82) is 0 Å². The second kappa shape index (κ2) is 2.20. The molecule has 0 radical (unpaired) electrons. The van der Waals surface area contributed by atoms with Gasteiger partial charge in [0.1, 0.15) is 0 Å². The highest BCUT2D eigenvalue weighted by molar-refractivity contribution is 6.38. The molecule has 1 amide bonds. The fraction of sp³-hybridized carbons (Fsp3) is 0.143. The summed E-state index contributed by atoms with van der Waals surface area (Å²) in [5.41, 5.74) is 1.46. The van der Waals surface area contributed by atoms with E-state index < -0.39 is 0 Å². The number of aromatic nitrogens is 1. The van der Waals surface area contributed by atoms with Crippen LogP contribution in [-0.2, 0) is 11.2 Å². The monoisotopic (exact) mass is 168 g/mol. The van der Waals surface area contributed by atoms with E-state index in [1.54, 1.807) is 18.3 Å². The van der Waals surface area contributed by atoms with Crippen LogP contribution in [0.15, 0.2) is 18.3 Å². The molecule has 1 aromatic rings. The van der Waals surface area contributed by atoms with Crippen molar-refractivity contribution in [2.45, 2.75) is 6.42 Å². The minimum Gasteiger partial charge on any atom is -0.273 e. The maximum absolute atomic E-state index is 11.0. The summed E-state index contributed by atoms with van der Waals surface area (Å²) in [4.78, 5) is 15.0. The highest BCUT2D eigenvalue weighted by atomic mass is 35.5. The van der Waals surface area contributed by atoms with Gasteiger partial charge in [-0.25, -0.2) is 4.42 Å². The summed E-state index contributed by atoms with van der Waals surface area (Å²) in [5.74, 6) is -0.111. The van der Waals surface area contributed by atoms with E-state index in [1.165, 1.54) is 0 Å². The van der Waals surface area contributed by atoms with Crippen molar-refractivity contribution in [3.8, 4) is 0 Å². The number of hydrogen-bond donors (Lipinski definition) is 0. The highest BCUT2D eigenvalue weighted by Gasteiger charge is 2.26. The van der Waals surface area contributed by atoms with Crippen molar-refractivity contribution >= 4 is 23.4 Å². The lowest BCUT2D eigenvalue weighted by molar-refractivity contribution is -0.116. The van der Waals surface area contributed by atoms with Crippen LogP contribution >= 0.6 is 11.8 Å². The molecule has 0 saturated carbocycles. The summed E-state index contributed by atoms with van der Waals surface area (Å²) in [6.07, 6.45) is 1.97. The van der Waals surface area contributed by atoms with Crippen molar-refractivity contribution < 1.29 is 4.79 Å². The van der Waals surface area contributed by atoms with Gasteiger partial charge in [0.15, 0.2) is 0 Å². The van der Waals surface area contributed by atoms with Gasteiger partial charge in [-0.1, -0.05) is 0 Å². The molecule has 0 atom stereocenters. The fourth-order valence-corrected chi connectivity index (χ4v) is 1.31. The Morgan fingerprint density at radius 1 is 1.64 bits per heavy atom. The molecular weight excluding hydrogens is 164 g/mol. The number of fused-ring (bicyclic) bond motifs is 1. The molecule has 2 heterocycles. The average molecular weight is 169 g/mol. The molecule has 0 bridgehead atoms. The van der Waals surface area contributed by atoms with E-state index in [0.717, 1.165) is 10.1 Å². The molecule has 3 nitrogen and oxygen atoms in total. The van der Waals surface area contributed by atoms with Crippen LogP contribution in [0.25, 0.3) is 0 Å². The second-order valence-corrected chi connectivity index (χ2v) is 2.66. The van der Waals surface area contributed by atoms with Gasteiger partial charge in [0.25, 0.3) is 0 Å².